The van der Waals surface area contributed by atoms with Crippen molar-refractivity contribution in [1.82, 2.24) is 0 Å². The monoisotopic (exact) mass is 592 g/mol. The van der Waals surface area contributed by atoms with Gasteiger partial charge < -0.3 is 0 Å². The van der Waals surface area contributed by atoms with Gasteiger partial charge in [-0.1, -0.05) is 139 Å². The van der Waals surface area contributed by atoms with Crippen LogP contribution in [0.15, 0.2) is 97.1 Å². The Balaban J connectivity index is 0.000000446. The van der Waals surface area contributed by atoms with Gasteiger partial charge in [0.05, 0.1) is 0 Å². The molecule has 0 aromatic heterocycles. The summed E-state index contributed by atoms with van der Waals surface area (Å²) in [6, 6.07) is 36.1. The van der Waals surface area contributed by atoms with Gasteiger partial charge in [-0.15, -0.1) is 0 Å². The third-order valence-corrected chi connectivity index (χ3v) is 7.89. The molecular formula is C35H35F3O3S. The molecule has 7 heteroatoms. The maximum Gasteiger partial charge on any atom is 0.522 e. The highest BCUT2D eigenvalue weighted by molar-refractivity contribution is 7.86. The van der Waals surface area contributed by atoms with Crippen LogP contribution in [0.4, 0.5) is 13.2 Å². The molecule has 0 radical (unpaired) electrons. The first-order valence-corrected chi connectivity index (χ1v) is 15.0. The van der Waals surface area contributed by atoms with E-state index in [9.17, 15) is 13.2 Å². The molecule has 220 valence electrons. The van der Waals surface area contributed by atoms with Crippen LogP contribution in [0.3, 0.4) is 0 Å². The molecule has 0 bridgehead atoms. The van der Waals surface area contributed by atoms with Crippen LogP contribution in [0.25, 0.3) is 43.8 Å². The Labute approximate surface area is 245 Å². The van der Waals surface area contributed by atoms with E-state index in [4.69, 9.17) is 13.0 Å². The Hall–Kier alpha value is -3.68. The second kappa shape index (κ2) is 11.2. The molecule has 5 aromatic carbocycles. The van der Waals surface area contributed by atoms with Gasteiger partial charge in [0.25, 0.3) is 0 Å². The van der Waals surface area contributed by atoms with Crippen LogP contribution >= 0.6 is 0 Å². The predicted molar refractivity (Wildman–Crippen MR) is 167 cm³/mol. The number of halogens is 3. The van der Waals surface area contributed by atoms with Crippen LogP contribution in [0.5, 0.6) is 0 Å². The number of hydrogen-bond donors (Lipinski definition) is 1. The predicted octanol–water partition coefficient (Wildman–Crippen LogP) is 10.3. The highest BCUT2D eigenvalue weighted by Gasteiger charge is 2.44. The molecule has 0 saturated carbocycles. The van der Waals surface area contributed by atoms with Crippen molar-refractivity contribution < 1.29 is 26.1 Å². The molecular weight excluding hydrogens is 557 g/mol. The van der Waals surface area contributed by atoms with Crippen LogP contribution in [0.1, 0.15) is 52.7 Å². The van der Waals surface area contributed by atoms with Crippen LogP contribution in [0, 0.1) is 0 Å². The van der Waals surface area contributed by atoms with Crippen LogP contribution in [-0.4, -0.2) is 18.5 Å². The third kappa shape index (κ3) is 6.53. The Morgan fingerprint density at radius 3 is 0.929 bits per heavy atom. The van der Waals surface area contributed by atoms with Crippen molar-refractivity contribution >= 4 is 31.7 Å². The Kier molecular flexibility index (Phi) is 8.33. The first kappa shape index (κ1) is 31.3. The molecule has 0 atom stereocenters. The van der Waals surface area contributed by atoms with Gasteiger partial charge in [0.15, 0.2) is 0 Å². The maximum absolute atomic E-state index is 10.7. The number of fused-ring (bicyclic) bond motifs is 2. The zero-order valence-electron chi connectivity index (χ0n) is 24.5. The standard InChI is InChI=1S/C34H34.CHF3O3S/c1-33(2,3)25-19-15-23(16-20-25)31-27-11-7-9-13-29(27)32(30-14-10-8-12-28(30)31)24-17-21-26(22-18-24)34(4,5)6;2-1(3,4)8(5,6)7/h7-22H,1-6H3;(H,5,6,7). The van der Waals surface area contributed by atoms with E-state index in [0.717, 1.165) is 0 Å². The molecule has 0 fully saturated rings. The summed E-state index contributed by atoms with van der Waals surface area (Å²) < 4.78 is 57.5. The van der Waals surface area contributed by atoms with Crippen LogP contribution < -0.4 is 0 Å². The largest absolute Gasteiger partial charge is 0.522 e. The van der Waals surface area contributed by atoms with Crippen molar-refractivity contribution in [3.8, 4) is 22.3 Å². The number of rotatable bonds is 2. The van der Waals surface area contributed by atoms with Crippen molar-refractivity contribution in [2.75, 3.05) is 0 Å². The highest BCUT2D eigenvalue weighted by atomic mass is 32.2. The fourth-order valence-corrected chi connectivity index (χ4v) is 5.02. The highest BCUT2D eigenvalue weighted by Crippen LogP contribution is 2.44. The molecule has 0 aliphatic carbocycles. The molecule has 0 heterocycles. The quantitative estimate of drug-likeness (QED) is 0.126. The SMILES string of the molecule is CC(C)(C)c1ccc(-c2c3ccccc3c(-c3ccc(C(C)(C)C)cc3)c3ccccc23)cc1.O=S(=O)(O)C(F)(F)F. The first-order chi connectivity index (χ1) is 19.4. The van der Waals surface area contributed by atoms with Gasteiger partial charge >= 0.3 is 15.6 Å². The summed E-state index contributed by atoms with van der Waals surface area (Å²) in [7, 11) is -5.84. The average molecular weight is 593 g/mol. The van der Waals surface area contributed by atoms with Gasteiger partial charge in [0.1, 0.15) is 0 Å². The minimum atomic E-state index is -5.84. The fraction of sp³-hybridized carbons (Fsp3) is 0.257. The summed E-state index contributed by atoms with van der Waals surface area (Å²) >= 11 is 0. The molecule has 0 saturated heterocycles. The van der Waals surface area contributed by atoms with Crippen molar-refractivity contribution in [2.45, 2.75) is 57.9 Å². The summed E-state index contributed by atoms with van der Waals surface area (Å²) in [4.78, 5) is 0. The zero-order valence-corrected chi connectivity index (χ0v) is 25.4. The molecule has 0 unspecified atom stereocenters. The number of alkyl halides is 3. The first-order valence-electron chi connectivity index (χ1n) is 13.6. The second-order valence-electron chi connectivity index (χ2n) is 12.4. The van der Waals surface area contributed by atoms with Gasteiger partial charge in [0, 0.05) is 0 Å². The zero-order chi connectivity index (χ0) is 31.1. The summed E-state index contributed by atoms with van der Waals surface area (Å²) in [5.74, 6) is 0. The lowest BCUT2D eigenvalue weighted by Crippen LogP contribution is -2.21. The summed E-state index contributed by atoms with van der Waals surface area (Å²) in [5, 5.41) is 5.22. The minimum Gasteiger partial charge on any atom is -0.279 e. The Morgan fingerprint density at radius 1 is 0.500 bits per heavy atom. The van der Waals surface area contributed by atoms with Gasteiger partial charge in [-0.3, -0.25) is 4.55 Å². The molecule has 0 aliphatic heterocycles. The average Bonchev–Trinajstić information content (AvgIpc) is 2.90. The third-order valence-electron chi connectivity index (χ3n) is 7.30. The molecule has 1 N–H and O–H groups in total. The van der Waals surface area contributed by atoms with E-state index in [-0.39, 0.29) is 10.8 Å². The van der Waals surface area contributed by atoms with E-state index < -0.39 is 15.6 Å². The Morgan fingerprint density at radius 2 is 0.738 bits per heavy atom. The molecule has 0 amide bonds. The molecule has 0 aliphatic rings. The summed E-state index contributed by atoms with van der Waals surface area (Å²) in [6.45, 7) is 13.6. The second-order valence-corrected chi connectivity index (χ2v) is 13.8. The molecule has 42 heavy (non-hydrogen) atoms. The lowest BCUT2D eigenvalue weighted by molar-refractivity contribution is -0.0510. The van der Waals surface area contributed by atoms with Crippen molar-refractivity contribution in [3.63, 3.8) is 0 Å². The molecule has 5 aromatic rings. The van der Waals surface area contributed by atoms with E-state index in [0.29, 0.717) is 0 Å². The Bertz CT molecular complexity index is 1650. The number of benzene rings is 5. The smallest absolute Gasteiger partial charge is 0.279 e. The summed E-state index contributed by atoms with van der Waals surface area (Å²) in [6.07, 6.45) is 0. The topological polar surface area (TPSA) is 54.4 Å². The van der Waals surface area contributed by atoms with E-state index >= 15 is 0 Å². The minimum absolute atomic E-state index is 0.145. The van der Waals surface area contributed by atoms with Gasteiger partial charge in [-0.25, -0.2) is 0 Å². The van der Waals surface area contributed by atoms with Crippen molar-refractivity contribution in [2.24, 2.45) is 0 Å². The van der Waals surface area contributed by atoms with Gasteiger partial charge in [0.2, 0.25) is 0 Å². The summed E-state index contributed by atoms with van der Waals surface area (Å²) in [5.41, 5.74) is 2.67. The van der Waals surface area contributed by atoms with E-state index in [1.165, 1.54) is 54.9 Å². The van der Waals surface area contributed by atoms with Crippen molar-refractivity contribution in [1.29, 1.82) is 0 Å². The molecule has 3 nitrogen and oxygen atoms in total. The van der Waals surface area contributed by atoms with Gasteiger partial charge in [-0.05, 0) is 65.8 Å². The normalized spacial score (nSPS) is 12.7. The molecule has 5 rings (SSSR count). The lowest BCUT2D eigenvalue weighted by Gasteiger charge is -2.22. The van der Waals surface area contributed by atoms with E-state index in [1.54, 1.807) is 0 Å². The number of hydrogen-bond acceptors (Lipinski definition) is 2. The van der Waals surface area contributed by atoms with E-state index in [1.807, 2.05) is 0 Å². The molecule has 0 spiro atoms. The van der Waals surface area contributed by atoms with Crippen LogP contribution in [0.2, 0.25) is 0 Å². The van der Waals surface area contributed by atoms with Gasteiger partial charge in [-0.2, -0.15) is 21.6 Å². The fourth-order valence-electron chi connectivity index (χ4n) is 5.02. The van der Waals surface area contributed by atoms with Crippen molar-refractivity contribution in [3.05, 3.63) is 108 Å². The van der Waals surface area contributed by atoms with E-state index in [2.05, 4.69) is 139 Å². The maximum atomic E-state index is 10.7. The van der Waals surface area contributed by atoms with Crippen LogP contribution in [-0.2, 0) is 20.9 Å². The lowest BCUT2D eigenvalue weighted by atomic mass is 9.82.